The first-order valence-corrected chi connectivity index (χ1v) is 10.2. The lowest BCUT2D eigenvalue weighted by Crippen LogP contribution is -2.40. The number of hydrogen-bond donors (Lipinski definition) is 2. The van der Waals surface area contributed by atoms with Gasteiger partial charge in [0.25, 0.3) is 5.91 Å². The molecule has 2 N–H and O–H groups in total. The quantitative estimate of drug-likeness (QED) is 0.789. The Labute approximate surface area is 161 Å². The fourth-order valence-corrected chi connectivity index (χ4v) is 4.17. The average Bonchev–Trinajstić information content (AvgIpc) is 2.59. The van der Waals surface area contributed by atoms with Gasteiger partial charge in [-0.3, -0.25) is 4.79 Å². The van der Waals surface area contributed by atoms with Gasteiger partial charge in [0.15, 0.2) is 0 Å². The molecule has 0 aromatic heterocycles. The maximum absolute atomic E-state index is 12.7. The number of aryl methyl sites for hydroxylation is 1. The zero-order valence-corrected chi connectivity index (χ0v) is 17.1. The van der Waals surface area contributed by atoms with Crippen molar-refractivity contribution in [2.45, 2.75) is 44.6 Å². The van der Waals surface area contributed by atoms with Crippen molar-refractivity contribution in [1.82, 2.24) is 4.72 Å². The van der Waals surface area contributed by atoms with Crippen molar-refractivity contribution in [2.24, 2.45) is 0 Å². The van der Waals surface area contributed by atoms with Crippen LogP contribution in [-0.2, 0) is 16.4 Å². The van der Waals surface area contributed by atoms with E-state index in [4.69, 9.17) is 4.74 Å². The standard InChI is InChI=1S/C20H26N2O4S/c1-6-14-8-7-9-16(12-14)21-19(23)15-10-11-17(26-5)18(13-15)27(24,25)22-20(2,3)4/h7-13,22H,6H2,1-5H3,(H,21,23). The van der Waals surface area contributed by atoms with Crippen LogP contribution in [0.3, 0.4) is 0 Å². The van der Waals surface area contributed by atoms with Crippen molar-refractivity contribution < 1.29 is 17.9 Å². The van der Waals surface area contributed by atoms with Crippen LogP contribution in [0.15, 0.2) is 47.4 Å². The van der Waals surface area contributed by atoms with E-state index in [0.29, 0.717) is 5.69 Å². The monoisotopic (exact) mass is 390 g/mol. The zero-order valence-electron chi connectivity index (χ0n) is 16.3. The molecule has 2 aromatic carbocycles. The van der Waals surface area contributed by atoms with Crippen LogP contribution >= 0.6 is 0 Å². The van der Waals surface area contributed by atoms with E-state index >= 15 is 0 Å². The molecule has 0 saturated carbocycles. The molecule has 0 heterocycles. The number of sulfonamides is 1. The Balaban J connectivity index is 2.37. The van der Waals surface area contributed by atoms with Gasteiger partial charge in [0, 0.05) is 16.8 Å². The second-order valence-electron chi connectivity index (χ2n) is 7.23. The molecule has 7 heteroatoms. The molecule has 0 spiro atoms. The minimum Gasteiger partial charge on any atom is -0.495 e. The topological polar surface area (TPSA) is 84.5 Å². The van der Waals surface area contributed by atoms with Gasteiger partial charge in [-0.1, -0.05) is 19.1 Å². The number of amides is 1. The van der Waals surface area contributed by atoms with Crippen LogP contribution in [0.25, 0.3) is 0 Å². The lowest BCUT2D eigenvalue weighted by molar-refractivity contribution is 0.102. The summed E-state index contributed by atoms with van der Waals surface area (Å²) in [7, 11) is -2.46. The number of methoxy groups -OCH3 is 1. The lowest BCUT2D eigenvalue weighted by Gasteiger charge is -2.21. The molecule has 0 saturated heterocycles. The summed E-state index contributed by atoms with van der Waals surface area (Å²) < 4.78 is 33.2. The average molecular weight is 391 g/mol. The van der Waals surface area contributed by atoms with Crippen molar-refractivity contribution in [2.75, 3.05) is 12.4 Å². The second kappa shape index (κ2) is 8.10. The Kier molecular flexibility index (Phi) is 6.28. The summed E-state index contributed by atoms with van der Waals surface area (Å²) in [6.45, 7) is 7.26. The van der Waals surface area contributed by atoms with Gasteiger partial charge in [0.05, 0.1) is 7.11 Å². The number of anilines is 1. The third-order valence-electron chi connectivity index (χ3n) is 3.75. The summed E-state index contributed by atoms with van der Waals surface area (Å²) in [5, 5.41) is 2.80. The molecule has 27 heavy (non-hydrogen) atoms. The third-order valence-corrected chi connectivity index (χ3v) is 5.53. The maximum atomic E-state index is 12.7. The van der Waals surface area contributed by atoms with Crippen molar-refractivity contribution in [1.29, 1.82) is 0 Å². The van der Waals surface area contributed by atoms with Crippen LogP contribution in [0.5, 0.6) is 5.75 Å². The van der Waals surface area contributed by atoms with Gasteiger partial charge in [0.2, 0.25) is 10.0 Å². The highest BCUT2D eigenvalue weighted by Crippen LogP contribution is 2.26. The minimum absolute atomic E-state index is 0.0742. The predicted octanol–water partition coefficient (Wildman–Crippen LogP) is 3.59. The lowest BCUT2D eigenvalue weighted by atomic mass is 10.1. The van der Waals surface area contributed by atoms with Gasteiger partial charge in [-0.2, -0.15) is 0 Å². The fraction of sp³-hybridized carbons (Fsp3) is 0.350. The summed E-state index contributed by atoms with van der Waals surface area (Å²) in [6, 6.07) is 11.9. The van der Waals surface area contributed by atoms with E-state index in [1.165, 1.54) is 25.3 Å². The normalized spacial score (nSPS) is 11.9. The summed E-state index contributed by atoms with van der Waals surface area (Å²) in [6.07, 6.45) is 0.854. The number of carbonyl (C=O) groups is 1. The number of hydrogen-bond acceptors (Lipinski definition) is 4. The number of benzene rings is 2. The number of nitrogens with one attached hydrogen (secondary N) is 2. The molecule has 0 radical (unpaired) electrons. The summed E-state index contributed by atoms with van der Waals surface area (Å²) >= 11 is 0. The third kappa shape index (κ3) is 5.55. The van der Waals surface area contributed by atoms with Crippen LogP contribution in [0.4, 0.5) is 5.69 Å². The smallest absolute Gasteiger partial charge is 0.255 e. The van der Waals surface area contributed by atoms with Gasteiger partial charge in [-0.25, -0.2) is 13.1 Å². The van der Waals surface area contributed by atoms with Crippen LogP contribution in [-0.4, -0.2) is 27.0 Å². The first-order chi connectivity index (χ1) is 12.6. The summed E-state index contributed by atoms with van der Waals surface area (Å²) in [4.78, 5) is 12.5. The second-order valence-corrected chi connectivity index (χ2v) is 8.88. The van der Waals surface area contributed by atoms with Crippen molar-refractivity contribution >= 4 is 21.6 Å². The molecular weight excluding hydrogens is 364 g/mol. The Hall–Kier alpha value is -2.38. The molecule has 6 nitrogen and oxygen atoms in total. The Bertz CT molecular complexity index is 931. The van der Waals surface area contributed by atoms with Gasteiger partial charge in [-0.05, 0) is 63.1 Å². The molecule has 146 valence electrons. The maximum Gasteiger partial charge on any atom is 0.255 e. The molecule has 0 bridgehead atoms. The van der Waals surface area contributed by atoms with E-state index in [1.54, 1.807) is 26.8 Å². The van der Waals surface area contributed by atoms with Gasteiger partial charge >= 0.3 is 0 Å². The van der Waals surface area contributed by atoms with Gasteiger partial charge in [-0.15, -0.1) is 0 Å². The summed E-state index contributed by atoms with van der Waals surface area (Å²) in [5.74, 6) is -0.214. The predicted molar refractivity (Wildman–Crippen MR) is 107 cm³/mol. The molecule has 0 aliphatic carbocycles. The molecule has 0 atom stereocenters. The highest BCUT2D eigenvalue weighted by atomic mass is 32.2. The Morgan fingerprint density at radius 3 is 2.41 bits per heavy atom. The molecule has 0 fully saturated rings. The zero-order chi connectivity index (χ0) is 20.2. The summed E-state index contributed by atoms with van der Waals surface area (Å²) in [5.41, 5.74) is 1.32. The van der Waals surface area contributed by atoms with E-state index in [2.05, 4.69) is 10.0 Å². The molecular formula is C20H26N2O4S. The van der Waals surface area contributed by atoms with E-state index in [1.807, 2.05) is 25.1 Å². The largest absolute Gasteiger partial charge is 0.495 e. The Morgan fingerprint density at radius 2 is 1.81 bits per heavy atom. The fourth-order valence-electron chi connectivity index (χ4n) is 2.56. The van der Waals surface area contributed by atoms with E-state index in [9.17, 15) is 13.2 Å². The highest BCUT2D eigenvalue weighted by molar-refractivity contribution is 7.89. The molecule has 0 aliphatic heterocycles. The Morgan fingerprint density at radius 1 is 1.11 bits per heavy atom. The van der Waals surface area contributed by atoms with E-state index < -0.39 is 21.5 Å². The molecule has 1 amide bonds. The van der Waals surface area contributed by atoms with Crippen molar-refractivity contribution in [3.63, 3.8) is 0 Å². The highest BCUT2D eigenvalue weighted by Gasteiger charge is 2.26. The minimum atomic E-state index is -3.86. The molecule has 0 aliphatic rings. The van der Waals surface area contributed by atoms with Crippen LogP contribution < -0.4 is 14.8 Å². The van der Waals surface area contributed by atoms with Crippen LogP contribution in [0, 0.1) is 0 Å². The van der Waals surface area contributed by atoms with Crippen molar-refractivity contribution in [3.05, 3.63) is 53.6 Å². The molecule has 2 rings (SSSR count). The van der Waals surface area contributed by atoms with E-state index in [0.717, 1.165) is 12.0 Å². The SMILES string of the molecule is CCc1cccc(NC(=O)c2ccc(OC)c(S(=O)(=O)NC(C)(C)C)c2)c1. The van der Waals surface area contributed by atoms with Gasteiger partial charge in [0.1, 0.15) is 10.6 Å². The number of rotatable bonds is 6. The van der Waals surface area contributed by atoms with Crippen LogP contribution in [0.1, 0.15) is 43.6 Å². The number of ether oxygens (including phenoxy) is 1. The molecule has 0 unspecified atom stereocenters. The van der Waals surface area contributed by atoms with Crippen LogP contribution in [0.2, 0.25) is 0 Å². The molecule has 2 aromatic rings. The number of carbonyl (C=O) groups excluding carboxylic acids is 1. The van der Waals surface area contributed by atoms with Crippen molar-refractivity contribution in [3.8, 4) is 5.75 Å². The first-order valence-electron chi connectivity index (χ1n) is 8.68. The van der Waals surface area contributed by atoms with Gasteiger partial charge < -0.3 is 10.1 Å². The van der Waals surface area contributed by atoms with E-state index in [-0.39, 0.29) is 16.2 Å². The first kappa shape index (κ1) is 20.9.